The lowest BCUT2D eigenvalue weighted by molar-refractivity contribution is 0.384. The van der Waals surface area contributed by atoms with Crippen LogP contribution in [0.2, 0.25) is 0 Å². The number of rotatable bonds is 4. The van der Waals surface area contributed by atoms with Crippen molar-refractivity contribution in [1.29, 1.82) is 0 Å². The van der Waals surface area contributed by atoms with E-state index in [4.69, 9.17) is 18.9 Å². The van der Waals surface area contributed by atoms with E-state index in [0.717, 1.165) is 45.3 Å². The van der Waals surface area contributed by atoms with Crippen LogP contribution in [0, 0.1) is 11.8 Å². The lowest BCUT2D eigenvalue weighted by atomic mass is 9.51. The molecule has 6 aliphatic rings. The molecule has 6 aliphatic carbocycles. The summed E-state index contributed by atoms with van der Waals surface area (Å²) in [6.45, 7) is 0. The third-order valence-electron chi connectivity index (χ3n) is 11.7. The summed E-state index contributed by atoms with van der Waals surface area (Å²) < 4.78 is 24.8. The Labute approximate surface area is 292 Å². The van der Waals surface area contributed by atoms with Gasteiger partial charge in [-0.25, -0.2) is 0 Å². The predicted molar refractivity (Wildman–Crippen MR) is 194 cm³/mol. The van der Waals surface area contributed by atoms with Gasteiger partial charge in [-0.05, 0) is 68.8 Å². The summed E-state index contributed by atoms with van der Waals surface area (Å²) in [4.78, 5) is 0. The molecule has 4 nitrogen and oxygen atoms in total. The fourth-order valence-corrected chi connectivity index (χ4v) is 9.93. The van der Waals surface area contributed by atoms with Gasteiger partial charge in [0.1, 0.15) is 33.8 Å². The zero-order valence-corrected chi connectivity index (χ0v) is 28.3. The van der Waals surface area contributed by atoms with Crippen LogP contribution in [0.4, 0.5) is 0 Å². The van der Waals surface area contributed by atoms with Gasteiger partial charge in [-0.15, -0.1) is 0 Å². The van der Waals surface area contributed by atoms with Crippen molar-refractivity contribution >= 4 is 0 Å². The molecule has 0 amide bonds. The molecule has 4 bridgehead atoms. The van der Waals surface area contributed by atoms with Gasteiger partial charge in [0.2, 0.25) is 0 Å². The average Bonchev–Trinajstić information content (AvgIpc) is 3.19. The highest BCUT2D eigenvalue weighted by atomic mass is 16.5. The van der Waals surface area contributed by atoms with E-state index < -0.39 is 10.8 Å². The molecule has 50 heavy (non-hydrogen) atoms. The Hall–Kier alpha value is -5.92. The van der Waals surface area contributed by atoms with Crippen LogP contribution in [0.25, 0.3) is 0 Å². The quantitative estimate of drug-likeness (QED) is 0.179. The van der Waals surface area contributed by atoms with Gasteiger partial charge in [-0.1, -0.05) is 109 Å². The molecule has 242 valence electrons. The number of hydrogen-bond donors (Lipinski definition) is 0. The second-order valence-electron chi connectivity index (χ2n) is 13.5. The number of ether oxygens (including phenoxy) is 4. The van der Waals surface area contributed by atoms with Gasteiger partial charge in [-0.2, -0.15) is 0 Å². The van der Waals surface area contributed by atoms with Crippen molar-refractivity contribution in [2.24, 2.45) is 0 Å². The Bertz CT molecular complexity index is 2210. The van der Waals surface area contributed by atoms with Gasteiger partial charge in [0.25, 0.3) is 0 Å². The van der Waals surface area contributed by atoms with Crippen LogP contribution >= 0.6 is 0 Å². The normalized spacial score (nSPS) is 22.0. The van der Waals surface area contributed by atoms with E-state index in [1.807, 2.05) is 24.3 Å². The largest absolute Gasteiger partial charge is 0.496 e. The zero-order valence-electron chi connectivity index (χ0n) is 28.3. The minimum Gasteiger partial charge on any atom is -0.496 e. The van der Waals surface area contributed by atoms with Gasteiger partial charge in [0, 0.05) is 34.1 Å². The summed E-state index contributed by atoms with van der Waals surface area (Å²) >= 11 is 0. The molecule has 0 atom stereocenters. The summed E-state index contributed by atoms with van der Waals surface area (Å²) in [5.41, 5.74) is 12.3. The van der Waals surface area contributed by atoms with Gasteiger partial charge in [0.15, 0.2) is 0 Å². The Morgan fingerprint density at radius 2 is 0.660 bits per heavy atom. The van der Waals surface area contributed by atoms with Crippen molar-refractivity contribution in [1.82, 2.24) is 0 Å². The van der Waals surface area contributed by atoms with E-state index in [0.29, 0.717) is 0 Å². The highest BCUT2D eigenvalue weighted by Gasteiger charge is 2.57. The topological polar surface area (TPSA) is 36.9 Å². The first kappa shape index (κ1) is 29.0. The number of methoxy groups -OCH3 is 4. The molecule has 0 radical (unpaired) electrons. The van der Waals surface area contributed by atoms with E-state index in [2.05, 4.69) is 109 Å². The summed E-state index contributed by atoms with van der Waals surface area (Å²) in [5, 5.41) is 0. The molecular formula is C46H34O4. The molecule has 0 saturated heterocycles. The molecule has 6 aromatic rings. The maximum atomic E-state index is 6.25. The average molecular weight is 651 g/mol. The molecule has 4 heteroatoms. The van der Waals surface area contributed by atoms with Crippen molar-refractivity contribution in [3.8, 4) is 34.8 Å². The Kier molecular flexibility index (Phi) is 5.98. The standard InChI is InChI=1S/C46H34O4/c1-47-35-21-23-37(49-3)43-41(35)39-27-13-5-9-17-31(27)45(43,32-18-10-6-14-28(32)39)25-26-46-33-19-11-7-15-29(33)40(30-16-8-12-20-34(30)46)42-36(48-2)22-24-38(50-4)44(42)46/h5-24,39-40H,1-4H3. The van der Waals surface area contributed by atoms with E-state index in [1.54, 1.807) is 28.4 Å². The van der Waals surface area contributed by atoms with Crippen LogP contribution in [0.15, 0.2) is 121 Å². The summed E-state index contributed by atoms with van der Waals surface area (Å²) in [7, 11) is 7.02. The molecule has 0 spiro atoms. The lowest BCUT2D eigenvalue weighted by Gasteiger charge is -2.50. The van der Waals surface area contributed by atoms with Gasteiger partial charge in [-0.3, -0.25) is 0 Å². The summed E-state index contributed by atoms with van der Waals surface area (Å²) in [6.07, 6.45) is 0. The van der Waals surface area contributed by atoms with Crippen LogP contribution in [0.5, 0.6) is 23.0 Å². The van der Waals surface area contributed by atoms with Crippen molar-refractivity contribution in [2.75, 3.05) is 28.4 Å². The summed E-state index contributed by atoms with van der Waals surface area (Å²) in [5.74, 6) is 11.5. The Morgan fingerprint density at radius 3 is 0.960 bits per heavy atom. The summed E-state index contributed by atoms with van der Waals surface area (Å²) in [6, 6.07) is 43.3. The van der Waals surface area contributed by atoms with Crippen LogP contribution in [-0.4, -0.2) is 28.4 Å². The van der Waals surface area contributed by atoms with Crippen molar-refractivity contribution in [3.63, 3.8) is 0 Å². The molecule has 6 aromatic carbocycles. The van der Waals surface area contributed by atoms with Crippen molar-refractivity contribution < 1.29 is 18.9 Å². The molecule has 0 saturated carbocycles. The van der Waals surface area contributed by atoms with E-state index in [-0.39, 0.29) is 11.8 Å². The van der Waals surface area contributed by atoms with E-state index in [9.17, 15) is 0 Å². The maximum absolute atomic E-state index is 6.25. The first-order valence-electron chi connectivity index (χ1n) is 17.1. The van der Waals surface area contributed by atoms with Gasteiger partial charge in [0.05, 0.1) is 28.4 Å². The first-order valence-corrected chi connectivity index (χ1v) is 17.1. The lowest BCUT2D eigenvalue weighted by Crippen LogP contribution is -2.44. The fraction of sp³-hybridized carbons (Fsp3) is 0.174. The zero-order chi connectivity index (χ0) is 33.8. The molecule has 0 aromatic heterocycles. The predicted octanol–water partition coefficient (Wildman–Crippen LogP) is 8.71. The van der Waals surface area contributed by atoms with Crippen molar-refractivity contribution in [3.05, 3.63) is 188 Å². The number of benzene rings is 6. The van der Waals surface area contributed by atoms with E-state index >= 15 is 0 Å². The van der Waals surface area contributed by atoms with Gasteiger partial charge >= 0.3 is 0 Å². The molecule has 0 N–H and O–H groups in total. The Morgan fingerprint density at radius 1 is 0.380 bits per heavy atom. The first-order chi connectivity index (χ1) is 24.6. The van der Waals surface area contributed by atoms with E-state index in [1.165, 1.54) is 44.5 Å². The third kappa shape index (κ3) is 3.28. The monoisotopic (exact) mass is 650 g/mol. The minimum absolute atomic E-state index is 0.0130. The van der Waals surface area contributed by atoms with Crippen LogP contribution in [0.3, 0.4) is 0 Å². The Balaban J connectivity index is 1.41. The maximum Gasteiger partial charge on any atom is 0.124 e. The molecule has 0 unspecified atom stereocenters. The SMILES string of the molecule is COc1ccc(OC)c2c1C1c3ccccc3C2(C#CC23c4ccccc4C(c4ccccc42)c2c(OC)ccc(OC)c23)c2ccccc21. The molecule has 0 fully saturated rings. The molecule has 0 aliphatic heterocycles. The highest BCUT2D eigenvalue weighted by molar-refractivity contribution is 5.83. The van der Waals surface area contributed by atoms with Crippen LogP contribution in [0.1, 0.15) is 78.6 Å². The number of hydrogen-bond acceptors (Lipinski definition) is 4. The van der Waals surface area contributed by atoms with Crippen LogP contribution in [-0.2, 0) is 10.8 Å². The molecule has 0 heterocycles. The minimum atomic E-state index is -0.865. The fourth-order valence-electron chi connectivity index (χ4n) is 9.93. The highest BCUT2D eigenvalue weighted by Crippen LogP contribution is 2.65. The molecule has 12 rings (SSSR count). The van der Waals surface area contributed by atoms with Crippen molar-refractivity contribution in [2.45, 2.75) is 22.7 Å². The second kappa shape index (κ2) is 10.3. The third-order valence-corrected chi connectivity index (χ3v) is 11.7. The smallest absolute Gasteiger partial charge is 0.124 e. The molecular weight excluding hydrogens is 617 g/mol. The van der Waals surface area contributed by atoms with Crippen LogP contribution < -0.4 is 18.9 Å². The second-order valence-corrected chi connectivity index (χ2v) is 13.5. The van der Waals surface area contributed by atoms with Gasteiger partial charge < -0.3 is 18.9 Å².